The summed E-state index contributed by atoms with van der Waals surface area (Å²) in [5, 5.41) is 3.05. The number of urea groups is 1. The van der Waals surface area contributed by atoms with E-state index in [1.54, 1.807) is 0 Å². The van der Waals surface area contributed by atoms with Gasteiger partial charge >= 0.3 is 6.03 Å². The molecule has 0 spiro atoms. The Hall–Kier alpha value is -2.33. The van der Waals surface area contributed by atoms with Gasteiger partial charge in [-0.3, -0.25) is 0 Å². The van der Waals surface area contributed by atoms with Gasteiger partial charge in [-0.25, -0.2) is 4.79 Å². The maximum atomic E-state index is 12.6. The molecule has 1 N–H and O–H groups in total. The molecule has 0 aliphatic carbocycles. The number of hydrogen-bond acceptors (Lipinski definition) is 2. The number of hydrogen-bond donors (Lipinski definition) is 1. The lowest BCUT2D eigenvalue weighted by Crippen LogP contribution is -2.42. The molecule has 0 fully saturated rings. The molecule has 0 radical (unpaired) electrons. The summed E-state index contributed by atoms with van der Waals surface area (Å²) in [6.45, 7) is 4.82. The number of amides is 2. The third kappa shape index (κ3) is 4.60. The summed E-state index contributed by atoms with van der Waals surface area (Å²) in [6.07, 6.45) is 1.87. The molecule has 0 saturated heterocycles. The first-order chi connectivity index (χ1) is 12.1. The molecule has 2 aromatic rings. The van der Waals surface area contributed by atoms with Crippen LogP contribution in [0.25, 0.3) is 0 Å². The molecule has 1 atom stereocenters. The molecule has 0 saturated carbocycles. The van der Waals surface area contributed by atoms with Crippen LogP contribution < -0.4 is 5.32 Å². The van der Waals surface area contributed by atoms with Crippen LogP contribution in [0.4, 0.5) is 10.5 Å². The minimum Gasteiger partial charge on any atom is -0.321 e. The average molecular weight is 337 g/mol. The first kappa shape index (κ1) is 17.5. The Labute approximate surface area is 150 Å². The van der Waals surface area contributed by atoms with Crippen LogP contribution in [-0.4, -0.2) is 42.0 Å². The zero-order valence-corrected chi connectivity index (χ0v) is 15.1. The van der Waals surface area contributed by atoms with Gasteiger partial charge in [0.25, 0.3) is 0 Å². The molecule has 2 aromatic carbocycles. The number of nitrogens with one attached hydrogen (secondary N) is 1. The fraction of sp³-hybridized carbons (Fsp3) is 0.381. The summed E-state index contributed by atoms with van der Waals surface area (Å²) in [5.41, 5.74) is 3.48. The summed E-state index contributed by atoms with van der Waals surface area (Å²) in [4.78, 5) is 16.8. The lowest BCUT2D eigenvalue weighted by atomic mass is 10.1. The average Bonchev–Trinajstić information content (AvgIpc) is 2.79. The molecule has 1 aliphatic rings. The molecule has 4 nitrogen and oxygen atoms in total. The molecular formula is C21H27N3O. The Bertz CT molecular complexity index is 701. The topological polar surface area (TPSA) is 35.6 Å². The molecule has 25 heavy (non-hydrogen) atoms. The van der Waals surface area contributed by atoms with E-state index in [0.717, 1.165) is 38.2 Å². The predicted molar refractivity (Wildman–Crippen MR) is 103 cm³/mol. The highest BCUT2D eigenvalue weighted by atomic mass is 16.2. The van der Waals surface area contributed by atoms with Crippen molar-refractivity contribution in [3.05, 3.63) is 65.7 Å². The third-order valence-electron chi connectivity index (χ3n) is 4.90. The Balaban J connectivity index is 1.53. The Morgan fingerprint density at radius 1 is 1.12 bits per heavy atom. The van der Waals surface area contributed by atoms with Crippen molar-refractivity contribution in [3.63, 3.8) is 0 Å². The second-order valence-electron chi connectivity index (χ2n) is 6.89. The van der Waals surface area contributed by atoms with Crippen molar-refractivity contribution in [1.82, 2.24) is 9.80 Å². The first-order valence-corrected chi connectivity index (χ1v) is 9.01. The van der Waals surface area contributed by atoms with Gasteiger partial charge in [-0.2, -0.15) is 0 Å². The van der Waals surface area contributed by atoms with Crippen molar-refractivity contribution in [1.29, 1.82) is 0 Å². The summed E-state index contributed by atoms with van der Waals surface area (Å²) >= 11 is 0. The summed E-state index contributed by atoms with van der Waals surface area (Å²) in [5.74, 6) is 0. The molecule has 0 aromatic heterocycles. The molecule has 2 amide bonds. The van der Waals surface area contributed by atoms with Crippen LogP contribution in [0.15, 0.2) is 54.6 Å². The third-order valence-corrected chi connectivity index (χ3v) is 4.90. The van der Waals surface area contributed by atoms with E-state index in [1.807, 2.05) is 29.2 Å². The molecule has 3 rings (SSSR count). The minimum absolute atomic E-state index is 0.0168. The van der Waals surface area contributed by atoms with Crippen molar-refractivity contribution in [2.45, 2.75) is 32.4 Å². The summed E-state index contributed by atoms with van der Waals surface area (Å²) in [7, 11) is 2.14. The van der Waals surface area contributed by atoms with Crippen molar-refractivity contribution in [2.24, 2.45) is 0 Å². The van der Waals surface area contributed by atoms with Gasteiger partial charge in [-0.05, 0) is 44.0 Å². The number of rotatable bonds is 6. The van der Waals surface area contributed by atoms with E-state index in [4.69, 9.17) is 0 Å². The minimum atomic E-state index is 0.0168. The first-order valence-electron chi connectivity index (χ1n) is 9.01. The SMILES string of the molecule is CC(CCN(C)Cc1ccccc1)N1CCc2ccccc2NC1=O. The van der Waals surface area contributed by atoms with E-state index in [-0.39, 0.29) is 12.1 Å². The zero-order valence-electron chi connectivity index (χ0n) is 15.1. The van der Waals surface area contributed by atoms with Crippen molar-refractivity contribution in [2.75, 3.05) is 25.5 Å². The van der Waals surface area contributed by atoms with Gasteiger partial charge in [0.05, 0.1) is 0 Å². The molecular weight excluding hydrogens is 310 g/mol. The molecule has 132 valence electrons. The predicted octanol–water partition coefficient (Wildman–Crippen LogP) is 3.99. The second-order valence-corrected chi connectivity index (χ2v) is 6.89. The number of fused-ring (bicyclic) bond motifs is 1. The number of para-hydroxylation sites is 1. The highest BCUT2D eigenvalue weighted by Gasteiger charge is 2.24. The monoisotopic (exact) mass is 337 g/mol. The highest BCUT2D eigenvalue weighted by molar-refractivity contribution is 5.91. The Morgan fingerprint density at radius 3 is 2.64 bits per heavy atom. The second kappa shape index (κ2) is 8.17. The highest BCUT2D eigenvalue weighted by Crippen LogP contribution is 2.21. The largest absolute Gasteiger partial charge is 0.322 e. The molecule has 4 heteroatoms. The Kier molecular flexibility index (Phi) is 5.71. The quantitative estimate of drug-likeness (QED) is 0.865. The van der Waals surface area contributed by atoms with E-state index >= 15 is 0 Å². The van der Waals surface area contributed by atoms with Crippen LogP contribution in [-0.2, 0) is 13.0 Å². The number of anilines is 1. The number of nitrogens with zero attached hydrogens (tertiary/aromatic N) is 2. The lowest BCUT2D eigenvalue weighted by Gasteiger charge is -2.29. The summed E-state index contributed by atoms with van der Waals surface area (Å²) < 4.78 is 0. The van der Waals surface area contributed by atoms with E-state index in [9.17, 15) is 4.79 Å². The molecule has 1 unspecified atom stereocenters. The van der Waals surface area contributed by atoms with Crippen molar-refractivity contribution in [3.8, 4) is 0 Å². The van der Waals surface area contributed by atoms with Gasteiger partial charge in [0.15, 0.2) is 0 Å². The normalized spacial score (nSPS) is 15.5. The van der Waals surface area contributed by atoms with Crippen LogP contribution in [0.5, 0.6) is 0 Å². The zero-order chi connectivity index (χ0) is 17.6. The van der Waals surface area contributed by atoms with Gasteiger partial charge in [-0.15, -0.1) is 0 Å². The smallest absolute Gasteiger partial charge is 0.321 e. The van der Waals surface area contributed by atoms with E-state index in [1.165, 1.54) is 11.1 Å². The van der Waals surface area contributed by atoms with Gasteiger partial charge in [-0.1, -0.05) is 48.5 Å². The standard InChI is InChI=1S/C21H27N3O/c1-17(12-14-23(2)16-18-8-4-3-5-9-18)24-15-13-19-10-6-7-11-20(19)22-21(24)25/h3-11,17H,12-16H2,1-2H3,(H,22,25). The fourth-order valence-corrected chi connectivity index (χ4v) is 3.35. The molecule has 0 bridgehead atoms. The van der Waals surface area contributed by atoms with Crippen molar-refractivity contribution >= 4 is 11.7 Å². The summed E-state index contributed by atoms with van der Waals surface area (Å²) in [6, 6.07) is 18.8. The van der Waals surface area contributed by atoms with Crippen LogP contribution in [0.3, 0.4) is 0 Å². The van der Waals surface area contributed by atoms with Crippen LogP contribution in [0, 0.1) is 0 Å². The van der Waals surface area contributed by atoms with E-state index < -0.39 is 0 Å². The molecule has 1 aliphatic heterocycles. The van der Waals surface area contributed by atoms with Gasteiger partial charge < -0.3 is 15.1 Å². The van der Waals surface area contributed by atoms with E-state index in [0.29, 0.717) is 0 Å². The maximum Gasteiger partial charge on any atom is 0.322 e. The molecule has 1 heterocycles. The maximum absolute atomic E-state index is 12.6. The van der Waals surface area contributed by atoms with Crippen molar-refractivity contribution < 1.29 is 4.79 Å². The van der Waals surface area contributed by atoms with Crippen LogP contribution in [0.2, 0.25) is 0 Å². The van der Waals surface area contributed by atoms with Crippen LogP contribution >= 0.6 is 0 Å². The lowest BCUT2D eigenvalue weighted by molar-refractivity contribution is 0.183. The fourth-order valence-electron chi connectivity index (χ4n) is 3.35. The Morgan fingerprint density at radius 2 is 1.84 bits per heavy atom. The number of carbonyl (C=O) groups excluding carboxylic acids is 1. The van der Waals surface area contributed by atoms with Gasteiger partial charge in [0, 0.05) is 31.4 Å². The van der Waals surface area contributed by atoms with Gasteiger partial charge in [0.1, 0.15) is 0 Å². The number of benzene rings is 2. The van der Waals surface area contributed by atoms with Gasteiger partial charge in [0.2, 0.25) is 0 Å². The van der Waals surface area contributed by atoms with Crippen LogP contribution in [0.1, 0.15) is 24.5 Å². The number of carbonyl (C=O) groups is 1. The van der Waals surface area contributed by atoms with E-state index in [2.05, 4.69) is 54.5 Å².